The minimum Gasteiger partial charge on any atom is -0.493 e. The van der Waals surface area contributed by atoms with E-state index in [2.05, 4.69) is 15.5 Å². The number of ether oxygens (including phenoxy) is 1. The van der Waals surface area contributed by atoms with Crippen molar-refractivity contribution in [1.82, 2.24) is 10.2 Å². The molecule has 3 aromatic rings. The second-order valence-corrected chi connectivity index (χ2v) is 5.70. The molecule has 1 aliphatic rings. The lowest BCUT2D eigenvalue weighted by Crippen LogP contribution is -2.03. The maximum absolute atomic E-state index is 12.5. The number of hydrogen-bond donors (Lipinski definition) is 2. The number of para-hydroxylation sites is 1. The van der Waals surface area contributed by atoms with Crippen LogP contribution in [0, 0.1) is 0 Å². The number of amides is 1. The van der Waals surface area contributed by atoms with Crippen LogP contribution >= 0.6 is 0 Å². The Hall–Kier alpha value is -3.34. The lowest BCUT2D eigenvalue weighted by Gasteiger charge is -2.07. The first-order chi connectivity index (χ1) is 12.3. The summed E-state index contributed by atoms with van der Waals surface area (Å²) in [4.78, 5) is 12.5. The third-order valence-electron chi connectivity index (χ3n) is 4.12. The lowest BCUT2D eigenvalue weighted by atomic mass is 10.0. The molecule has 0 spiro atoms. The van der Waals surface area contributed by atoms with Crippen molar-refractivity contribution < 1.29 is 9.53 Å². The average molecular weight is 331 g/mol. The number of benzene rings is 2. The van der Waals surface area contributed by atoms with Gasteiger partial charge in [0.2, 0.25) is 0 Å². The molecule has 0 atom stereocenters. The zero-order chi connectivity index (χ0) is 17.2. The van der Waals surface area contributed by atoms with Gasteiger partial charge in [-0.1, -0.05) is 30.3 Å². The average Bonchev–Trinajstić information content (AvgIpc) is 3.25. The second-order valence-electron chi connectivity index (χ2n) is 5.70. The van der Waals surface area contributed by atoms with Gasteiger partial charge in [-0.05, 0) is 31.2 Å². The van der Waals surface area contributed by atoms with Gasteiger partial charge in [0.1, 0.15) is 5.75 Å². The molecular formula is C20H17N3O2. The highest BCUT2D eigenvalue weighted by Crippen LogP contribution is 2.36. The number of nitrogens with zero attached hydrogens (tertiary/aromatic N) is 1. The quantitative estimate of drug-likeness (QED) is 0.711. The predicted molar refractivity (Wildman–Crippen MR) is 98.1 cm³/mol. The largest absolute Gasteiger partial charge is 0.493 e. The third-order valence-corrected chi connectivity index (χ3v) is 4.12. The van der Waals surface area contributed by atoms with E-state index in [1.54, 1.807) is 6.20 Å². The monoisotopic (exact) mass is 331 g/mol. The zero-order valence-electron chi connectivity index (χ0n) is 13.7. The molecule has 0 saturated heterocycles. The van der Waals surface area contributed by atoms with E-state index in [-0.39, 0.29) is 5.91 Å². The predicted octanol–water partition coefficient (Wildman–Crippen LogP) is 3.97. The molecule has 5 nitrogen and oxygen atoms in total. The smallest absolute Gasteiger partial charge is 0.256 e. The maximum Gasteiger partial charge on any atom is 0.256 e. The molecule has 0 saturated carbocycles. The van der Waals surface area contributed by atoms with Crippen LogP contribution in [0.4, 0.5) is 5.69 Å². The molecule has 4 rings (SSSR count). The molecular weight excluding hydrogens is 314 g/mol. The summed E-state index contributed by atoms with van der Waals surface area (Å²) in [6.45, 7) is 2.52. The molecule has 0 unspecified atom stereocenters. The highest BCUT2D eigenvalue weighted by Gasteiger charge is 2.25. The first-order valence-corrected chi connectivity index (χ1v) is 8.15. The summed E-state index contributed by atoms with van der Waals surface area (Å²) in [6.07, 6.45) is 3.65. The van der Waals surface area contributed by atoms with Gasteiger partial charge in [0.25, 0.3) is 5.91 Å². The van der Waals surface area contributed by atoms with Crippen LogP contribution in [0.1, 0.15) is 18.1 Å². The van der Waals surface area contributed by atoms with Crippen molar-refractivity contribution in [1.29, 1.82) is 0 Å². The Morgan fingerprint density at radius 2 is 2.04 bits per heavy atom. The number of nitrogens with one attached hydrogen (secondary N) is 2. The minimum absolute atomic E-state index is 0.111. The maximum atomic E-state index is 12.5. The number of aromatic nitrogens is 2. The normalized spacial score (nSPS) is 14.4. The summed E-state index contributed by atoms with van der Waals surface area (Å²) in [7, 11) is 0. The van der Waals surface area contributed by atoms with Crippen molar-refractivity contribution in [2.24, 2.45) is 0 Å². The molecule has 2 aromatic carbocycles. The van der Waals surface area contributed by atoms with Crippen molar-refractivity contribution >= 4 is 23.2 Å². The fraction of sp³-hybridized carbons (Fsp3) is 0.100. The first-order valence-electron chi connectivity index (χ1n) is 8.15. The van der Waals surface area contributed by atoms with Gasteiger partial charge in [0.05, 0.1) is 12.3 Å². The van der Waals surface area contributed by atoms with Crippen molar-refractivity contribution in [3.8, 4) is 17.0 Å². The zero-order valence-corrected chi connectivity index (χ0v) is 13.7. The Bertz CT molecular complexity index is 959. The molecule has 0 bridgehead atoms. The molecule has 1 aliphatic heterocycles. The number of carbonyl (C=O) groups is 1. The second kappa shape index (κ2) is 6.28. The molecule has 2 N–H and O–H groups in total. The summed E-state index contributed by atoms with van der Waals surface area (Å²) in [5, 5.41) is 9.92. The van der Waals surface area contributed by atoms with Crippen LogP contribution in [-0.2, 0) is 4.79 Å². The highest BCUT2D eigenvalue weighted by molar-refractivity contribution is 6.35. The number of H-pyrrole nitrogens is 1. The van der Waals surface area contributed by atoms with E-state index in [4.69, 9.17) is 4.74 Å². The van der Waals surface area contributed by atoms with E-state index in [1.807, 2.05) is 61.5 Å². The van der Waals surface area contributed by atoms with Crippen molar-refractivity contribution in [2.45, 2.75) is 6.92 Å². The lowest BCUT2D eigenvalue weighted by molar-refractivity contribution is -0.110. The topological polar surface area (TPSA) is 67.0 Å². The summed E-state index contributed by atoms with van der Waals surface area (Å²) in [5.41, 5.74) is 5.00. The molecule has 1 amide bonds. The van der Waals surface area contributed by atoms with Crippen LogP contribution in [0.5, 0.6) is 5.75 Å². The Morgan fingerprint density at radius 3 is 2.84 bits per heavy atom. The van der Waals surface area contributed by atoms with E-state index in [1.165, 1.54) is 0 Å². The molecule has 0 fully saturated rings. The van der Waals surface area contributed by atoms with E-state index in [9.17, 15) is 4.79 Å². The molecule has 2 heterocycles. The van der Waals surface area contributed by atoms with Crippen LogP contribution in [0.3, 0.4) is 0 Å². The van der Waals surface area contributed by atoms with Gasteiger partial charge in [-0.2, -0.15) is 5.10 Å². The molecule has 124 valence electrons. The summed E-state index contributed by atoms with van der Waals surface area (Å²) in [6, 6.07) is 15.5. The van der Waals surface area contributed by atoms with Crippen LogP contribution in [0.2, 0.25) is 0 Å². The molecule has 1 aromatic heterocycles. The molecule has 25 heavy (non-hydrogen) atoms. The Kier molecular flexibility index (Phi) is 3.82. The van der Waals surface area contributed by atoms with Crippen LogP contribution in [-0.4, -0.2) is 22.7 Å². The number of carbonyl (C=O) groups excluding carboxylic acids is 1. The number of anilines is 1. The summed E-state index contributed by atoms with van der Waals surface area (Å²) < 4.78 is 5.65. The van der Waals surface area contributed by atoms with Gasteiger partial charge in [-0.25, -0.2) is 0 Å². The van der Waals surface area contributed by atoms with E-state index in [0.29, 0.717) is 12.2 Å². The SMILES string of the molecule is CCOc1ccccc1/C=C1/C(=O)Nc2cc(-c3cc[nH]n3)ccc21. The molecule has 5 heteroatoms. The number of aromatic amines is 1. The first kappa shape index (κ1) is 15.2. The van der Waals surface area contributed by atoms with Gasteiger partial charge in [0.15, 0.2) is 0 Å². The number of hydrogen-bond acceptors (Lipinski definition) is 3. The minimum atomic E-state index is -0.111. The fourth-order valence-corrected chi connectivity index (χ4v) is 2.96. The van der Waals surface area contributed by atoms with Gasteiger partial charge < -0.3 is 10.1 Å². The van der Waals surface area contributed by atoms with Gasteiger partial charge in [-0.15, -0.1) is 0 Å². The van der Waals surface area contributed by atoms with Crippen LogP contribution in [0.25, 0.3) is 22.9 Å². The third kappa shape index (κ3) is 2.80. The Labute approximate surface area is 145 Å². The molecule has 0 aliphatic carbocycles. The van der Waals surface area contributed by atoms with E-state index < -0.39 is 0 Å². The van der Waals surface area contributed by atoms with Crippen molar-refractivity contribution in [3.63, 3.8) is 0 Å². The van der Waals surface area contributed by atoms with Crippen molar-refractivity contribution in [3.05, 3.63) is 65.9 Å². The van der Waals surface area contributed by atoms with Crippen LogP contribution < -0.4 is 10.1 Å². The van der Waals surface area contributed by atoms with Crippen molar-refractivity contribution in [2.75, 3.05) is 11.9 Å². The number of fused-ring (bicyclic) bond motifs is 1. The van der Waals surface area contributed by atoms with Gasteiger partial charge >= 0.3 is 0 Å². The summed E-state index contributed by atoms with van der Waals surface area (Å²) >= 11 is 0. The Morgan fingerprint density at radius 1 is 1.16 bits per heavy atom. The molecule has 0 radical (unpaired) electrons. The number of rotatable bonds is 4. The van der Waals surface area contributed by atoms with Crippen LogP contribution in [0.15, 0.2) is 54.7 Å². The fourth-order valence-electron chi connectivity index (χ4n) is 2.96. The van der Waals surface area contributed by atoms with E-state index in [0.717, 1.165) is 33.8 Å². The standard InChI is InChI=1S/C20H17N3O2/c1-2-25-19-6-4-3-5-14(19)11-16-15-8-7-13(17-9-10-21-23-17)12-18(15)22-20(16)24/h3-12H,2H2,1H3,(H,21,23)(H,22,24)/b16-11+. The van der Waals surface area contributed by atoms with Gasteiger partial charge in [-0.3, -0.25) is 9.89 Å². The van der Waals surface area contributed by atoms with Gasteiger partial charge in [0, 0.05) is 34.1 Å². The Balaban J connectivity index is 1.75. The van der Waals surface area contributed by atoms with E-state index >= 15 is 0 Å². The summed E-state index contributed by atoms with van der Waals surface area (Å²) in [5.74, 6) is 0.660. The highest BCUT2D eigenvalue weighted by atomic mass is 16.5.